The van der Waals surface area contributed by atoms with Gasteiger partial charge < -0.3 is 31.3 Å². The molecule has 6 rings (SSSR count). The summed E-state index contributed by atoms with van der Waals surface area (Å²) < 4.78 is 0. The van der Waals surface area contributed by atoms with Gasteiger partial charge in [-0.25, -0.2) is 0 Å². The number of pyridine rings is 4. The molecule has 0 spiro atoms. The molecule has 252 valence electrons. The standard InChI is InChI=1S/C16H17ClN4O.C11H13Cl2N3O.C5H6BNO2/c17-14-10-20-9-13(12-2-1-5-19-8-12)15(14)21-6-3-11(4-7-21)16(18)22;12-8-5-15-6-9(13)10(8)16-3-1-7(2-4-16)11(14)17;8-6(9)5-2-1-3-7-4-5/h1-2,5,8-11H,3-4,6-7H2,(H2,18,22);5-7H,1-4H2,(H2,14,17);1-4,8-9H. The molecule has 2 fully saturated rings. The zero-order chi connectivity index (χ0) is 34.6. The number of halogens is 3. The molecule has 6 heterocycles. The summed E-state index contributed by atoms with van der Waals surface area (Å²) in [5.41, 5.74) is 14.8. The summed E-state index contributed by atoms with van der Waals surface area (Å²) in [6.07, 6.45) is 16.1. The first-order chi connectivity index (χ1) is 23.1. The number of hydrogen-bond donors (Lipinski definition) is 4. The number of carbonyl (C=O) groups excluding carboxylic acids is 2. The Morgan fingerprint density at radius 1 is 0.667 bits per heavy atom. The molecule has 0 atom stereocenters. The van der Waals surface area contributed by atoms with Gasteiger partial charge in [-0.15, -0.1) is 0 Å². The highest BCUT2D eigenvalue weighted by atomic mass is 35.5. The number of carbonyl (C=O) groups is 2. The van der Waals surface area contributed by atoms with Crippen molar-refractivity contribution in [3.63, 3.8) is 0 Å². The van der Waals surface area contributed by atoms with Gasteiger partial charge in [0.2, 0.25) is 11.8 Å². The molecule has 2 aliphatic rings. The van der Waals surface area contributed by atoms with Crippen molar-refractivity contribution in [3.8, 4) is 11.1 Å². The first-order valence-corrected chi connectivity index (χ1v) is 16.4. The van der Waals surface area contributed by atoms with Gasteiger partial charge in [0.15, 0.2) is 0 Å². The lowest BCUT2D eigenvalue weighted by atomic mass is 9.82. The van der Waals surface area contributed by atoms with Crippen LogP contribution in [0.1, 0.15) is 25.7 Å². The van der Waals surface area contributed by atoms with Crippen molar-refractivity contribution in [3.05, 3.63) is 88.9 Å². The number of primary amides is 2. The Balaban J connectivity index is 0.000000177. The highest BCUT2D eigenvalue weighted by molar-refractivity contribution is 6.58. The Labute approximate surface area is 294 Å². The SMILES string of the molecule is NC(=O)C1CCN(c2c(Cl)cncc2-c2cccnc2)CC1.NC(=O)C1CCN(c2c(Cl)cncc2Cl)CC1.OB(O)c1cccnc1. The number of nitrogens with two attached hydrogens (primary N) is 2. The second kappa shape index (κ2) is 17.9. The largest absolute Gasteiger partial charge is 0.490 e. The highest BCUT2D eigenvalue weighted by Gasteiger charge is 2.27. The molecule has 48 heavy (non-hydrogen) atoms. The van der Waals surface area contributed by atoms with Crippen molar-refractivity contribution in [2.24, 2.45) is 23.3 Å². The molecule has 0 radical (unpaired) electrons. The Morgan fingerprint density at radius 2 is 1.12 bits per heavy atom. The Hall–Kier alpha value is -4.01. The maximum absolute atomic E-state index is 11.3. The number of rotatable bonds is 6. The van der Waals surface area contributed by atoms with E-state index in [1.165, 1.54) is 6.20 Å². The summed E-state index contributed by atoms with van der Waals surface area (Å²) in [5, 5.41) is 18.8. The molecule has 4 aromatic rings. The summed E-state index contributed by atoms with van der Waals surface area (Å²) in [4.78, 5) is 42.6. The van der Waals surface area contributed by atoms with Crippen LogP contribution in [-0.2, 0) is 9.59 Å². The number of amides is 2. The topological polar surface area (TPSA) is 185 Å². The van der Waals surface area contributed by atoms with Crippen molar-refractivity contribution >= 4 is 70.6 Å². The van der Waals surface area contributed by atoms with Gasteiger partial charge in [0, 0.05) is 104 Å². The van der Waals surface area contributed by atoms with Crippen LogP contribution in [0.15, 0.2) is 73.8 Å². The number of piperidine rings is 2. The van der Waals surface area contributed by atoms with E-state index < -0.39 is 7.12 Å². The molecule has 0 aromatic carbocycles. The van der Waals surface area contributed by atoms with E-state index in [4.69, 9.17) is 56.3 Å². The molecule has 0 aliphatic carbocycles. The van der Waals surface area contributed by atoms with Gasteiger partial charge in [-0.05, 0) is 37.8 Å². The van der Waals surface area contributed by atoms with Crippen LogP contribution in [0.4, 0.5) is 11.4 Å². The zero-order valence-electron chi connectivity index (χ0n) is 26.0. The number of hydrogen-bond acceptors (Lipinski definition) is 10. The predicted octanol–water partition coefficient (Wildman–Crippen LogP) is 3.35. The second-order valence-electron chi connectivity index (χ2n) is 11.2. The number of anilines is 2. The van der Waals surface area contributed by atoms with Crippen LogP contribution in [-0.4, -0.2) is 75.1 Å². The van der Waals surface area contributed by atoms with Gasteiger partial charge in [0.25, 0.3) is 0 Å². The third-order valence-corrected chi connectivity index (χ3v) is 8.91. The lowest BCUT2D eigenvalue weighted by molar-refractivity contribution is -0.123. The first kappa shape index (κ1) is 36.8. The molecule has 12 nitrogen and oxygen atoms in total. The van der Waals surface area contributed by atoms with Crippen LogP contribution < -0.4 is 26.7 Å². The minimum Gasteiger partial charge on any atom is -0.423 e. The third-order valence-electron chi connectivity index (χ3n) is 8.08. The van der Waals surface area contributed by atoms with Gasteiger partial charge in [0.05, 0.1) is 26.4 Å². The maximum Gasteiger partial charge on any atom is 0.490 e. The molecular formula is C32H36BCl3N8O4. The quantitative estimate of drug-likeness (QED) is 0.216. The van der Waals surface area contributed by atoms with Gasteiger partial charge >= 0.3 is 7.12 Å². The van der Waals surface area contributed by atoms with Crippen LogP contribution in [0.25, 0.3) is 11.1 Å². The molecule has 2 aliphatic heterocycles. The average Bonchev–Trinajstić information content (AvgIpc) is 3.10. The number of aromatic nitrogens is 4. The van der Waals surface area contributed by atoms with Gasteiger partial charge in [-0.1, -0.05) is 46.9 Å². The van der Waals surface area contributed by atoms with E-state index in [0.717, 1.165) is 74.4 Å². The zero-order valence-corrected chi connectivity index (χ0v) is 28.3. The molecule has 2 amide bonds. The lowest BCUT2D eigenvalue weighted by Gasteiger charge is -2.34. The van der Waals surface area contributed by atoms with Crippen LogP contribution in [0.3, 0.4) is 0 Å². The monoisotopic (exact) mass is 712 g/mol. The van der Waals surface area contributed by atoms with E-state index in [1.54, 1.807) is 55.5 Å². The Kier molecular flexibility index (Phi) is 13.8. The van der Waals surface area contributed by atoms with E-state index in [1.807, 2.05) is 12.1 Å². The van der Waals surface area contributed by atoms with Crippen molar-refractivity contribution in [1.29, 1.82) is 0 Å². The predicted molar refractivity (Wildman–Crippen MR) is 189 cm³/mol. The summed E-state index contributed by atoms with van der Waals surface area (Å²) >= 11 is 18.6. The fourth-order valence-corrected chi connectivity index (χ4v) is 6.37. The number of nitrogens with zero attached hydrogens (tertiary/aromatic N) is 6. The van der Waals surface area contributed by atoms with Crippen LogP contribution in [0.5, 0.6) is 0 Å². The van der Waals surface area contributed by atoms with Crippen molar-refractivity contribution in [2.75, 3.05) is 36.0 Å². The normalized spacial score (nSPS) is 15.0. The first-order valence-electron chi connectivity index (χ1n) is 15.2. The Morgan fingerprint density at radius 3 is 1.54 bits per heavy atom. The average molecular weight is 714 g/mol. The molecule has 0 bridgehead atoms. The molecule has 6 N–H and O–H groups in total. The van der Waals surface area contributed by atoms with Crippen molar-refractivity contribution in [1.82, 2.24) is 19.9 Å². The van der Waals surface area contributed by atoms with Gasteiger partial charge in [-0.2, -0.15) is 0 Å². The molecule has 16 heteroatoms. The fraction of sp³-hybridized carbons (Fsp3) is 0.312. The molecule has 0 saturated carbocycles. The van der Waals surface area contributed by atoms with E-state index in [-0.39, 0.29) is 23.7 Å². The van der Waals surface area contributed by atoms with E-state index in [2.05, 4.69) is 29.7 Å². The summed E-state index contributed by atoms with van der Waals surface area (Å²) in [6, 6.07) is 7.12. The Bertz CT molecular complexity index is 1620. The van der Waals surface area contributed by atoms with Gasteiger partial charge in [0.1, 0.15) is 0 Å². The third kappa shape index (κ3) is 10.0. The lowest BCUT2D eigenvalue weighted by Crippen LogP contribution is -2.38. The molecule has 0 unspecified atom stereocenters. The van der Waals surface area contributed by atoms with E-state index >= 15 is 0 Å². The van der Waals surface area contributed by atoms with E-state index in [0.29, 0.717) is 20.5 Å². The maximum atomic E-state index is 11.3. The second-order valence-corrected chi connectivity index (χ2v) is 12.4. The summed E-state index contributed by atoms with van der Waals surface area (Å²) in [7, 11) is -1.40. The van der Waals surface area contributed by atoms with E-state index in [9.17, 15) is 9.59 Å². The molecule has 2 saturated heterocycles. The van der Waals surface area contributed by atoms with Crippen molar-refractivity contribution < 1.29 is 19.6 Å². The molecule has 4 aromatic heterocycles. The summed E-state index contributed by atoms with van der Waals surface area (Å²) in [5.74, 6) is -0.520. The fourth-order valence-electron chi connectivity index (χ4n) is 5.49. The van der Waals surface area contributed by atoms with Crippen LogP contribution in [0, 0.1) is 11.8 Å². The minimum atomic E-state index is -1.40. The van der Waals surface area contributed by atoms with Crippen LogP contribution in [0.2, 0.25) is 15.1 Å². The highest BCUT2D eigenvalue weighted by Crippen LogP contribution is 2.38. The van der Waals surface area contributed by atoms with Crippen molar-refractivity contribution in [2.45, 2.75) is 25.7 Å². The summed E-state index contributed by atoms with van der Waals surface area (Å²) in [6.45, 7) is 2.98. The van der Waals surface area contributed by atoms with Gasteiger partial charge in [-0.3, -0.25) is 29.5 Å². The smallest absolute Gasteiger partial charge is 0.423 e. The molecular weight excluding hydrogens is 678 g/mol. The minimum absolute atomic E-state index is 0.0364. The van der Waals surface area contributed by atoms with Crippen LogP contribution >= 0.6 is 34.8 Å².